The second kappa shape index (κ2) is 15.2. The van der Waals surface area contributed by atoms with Crippen LogP contribution in [0.25, 0.3) is 11.1 Å². The Morgan fingerprint density at radius 1 is 0.789 bits per heavy atom. The third-order valence-electron chi connectivity index (χ3n) is 7.80. The van der Waals surface area contributed by atoms with E-state index in [4.69, 9.17) is 0 Å². The Bertz CT molecular complexity index is 2270. The Kier molecular flexibility index (Phi) is 11.9. The summed E-state index contributed by atoms with van der Waals surface area (Å²) in [6.45, 7) is 1.38. The lowest BCUT2D eigenvalue weighted by atomic mass is 9.91. The van der Waals surface area contributed by atoms with Gasteiger partial charge in [0.2, 0.25) is 11.6 Å². The van der Waals surface area contributed by atoms with Crippen molar-refractivity contribution in [3.63, 3.8) is 0 Å². The standard InChI is InChI=1S/C33H25F14N5O4S/c1-15-9-17(13-52-28(32(42,43)44)50-27(51-52)29(34,35)33(45,46)47)7-8-23(15)49-25(53)22-6-4-5-21(24(22)26(54)48-16(2)14-57(3,55)56)18-10-19(30(36,37)38)12-20(11-18)31(39,40)41/h4-12,16H,13-14H2,1-3H3,(H,48,54)(H,49,53)/t16-/m0/s1. The molecule has 1 atom stereocenters. The number of hydrogen-bond donors (Lipinski definition) is 2. The molecule has 4 rings (SSSR count). The average Bonchev–Trinajstić information content (AvgIpc) is 3.48. The second-order valence-electron chi connectivity index (χ2n) is 12.6. The minimum absolute atomic E-state index is 0.00741. The number of rotatable bonds is 10. The average molecular weight is 854 g/mol. The quantitative estimate of drug-likeness (QED) is 0.155. The number of benzene rings is 3. The van der Waals surface area contributed by atoms with Gasteiger partial charge >= 0.3 is 30.6 Å². The molecule has 4 aromatic rings. The molecule has 57 heavy (non-hydrogen) atoms. The SMILES string of the molecule is Cc1cc(Cn2nc(C(F)(F)C(F)(F)F)nc2C(F)(F)F)ccc1NC(=O)c1cccc(-c2cc(C(F)(F)F)cc(C(F)(F)F)c2)c1C(=O)N[C@@H](C)CS(C)(=O)=O. The molecule has 0 radical (unpaired) electrons. The van der Waals surface area contributed by atoms with Crippen LogP contribution in [-0.2, 0) is 40.8 Å². The van der Waals surface area contributed by atoms with E-state index in [2.05, 4.69) is 20.7 Å². The molecule has 0 aliphatic heterocycles. The molecule has 0 unspecified atom stereocenters. The molecule has 310 valence electrons. The fourth-order valence-corrected chi connectivity index (χ4v) is 6.37. The van der Waals surface area contributed by atoms with Gasteiger partial charge in [0.15, 0.2) is 0 Å². The maximum absolute atomic E-state index is 13.8. The molecule has 0 fully saturated rings. The summed E-state index contributed by atoms with van der Waals surface area (Å²) in [5, 5.41) is 7.30. The van der Waals surface area contributed by atoms with Gasteiger partial charge in [-0.15, -0.1) is 5.10 Å². The largest absolute Gasteiger partial charge is 0.461 e. The van der Waals surface area contributed by atoms with E-state index in [9.17, 15) is 79.5 Å². The van der Waals surface area contributed by atoms with Gasteiger partial charge in [-0.2, -0.15) is 61.5 Å². The number of anilines is 1. The molecule has 9 nitrogen and oxygen atoms in total. The van der Waals surface area contributed by atoms with Crippen LogP contribution in [0.15, 0.2) is 54.6 Å². The highest BCUT2D eigenvalue weighted by Crippen LogP contribution is 2.44. The van der Waals surface area contributed by atoms with E-state index in [0.717, 1.165) is 42.7 Å². The van der Waals surface area contributed by atoms with Crippen LogP contribution >= 0.6 is 0 Å². The minimum Gasteiger partial charge on any atom is -0.349 e. The summed E-state index contributed by atoms with van der Waals surface area (Å²) in [4.78, 5) is 29.7. The zero-order valence-corrected chi connectivity index (χ0v) is 29.7. The summed E-state index contributed by atoms with van der Waals surface area (Å²) in [5.41, 5.74) is -6.84. The highest BCUT2D eigenvalue weighted by atomic mass is 32.2. The number of alkyl halides is 14. The van der Waals surface area contributed by atoms with Crippen LogP contribution in [0.3, 0.4) is 0 Å². The first-order valence-electron chi connectivity index (χ1n) is 15.6. The van der Waals surface area contributed by atoms with Gasteiger partial charge in [0.1, 0.15) is 9.84 Å². The van der Waals surface area contributed by atoms with Gasteiger partial charge in [0, 0.05) is 18.0 Å². The van der Waals surface area contributed by atoms with Crippen molar-refractivity contribution < 1.29 is 79.5 Å². The number of nitrogens with one attached hydrogen (secondary N) is 2. The normalized spacial score (nSPS) is 13.7. The molecule has 0 bridgehead atoms. The van der Waals surface area contributed by atoms with Gasteiger partial charge in [0.05, 0.1) is 34.6 Å². The third kappa shape index (κ3) is 10.4. The second-order valence-corrected chi connectivity index (χ2v) is 14.8. The molecule has 0 saturated carbocycles. The predicted octanol–water partition coefficient (Wildman–Crippen LogP) is 8.43. The van der Waals surface area contributed by atoms with Crippen LogP contribution in [0.2, 0.25) is 0 Å². The topological polar surface area (TPSA) is 123 Å². The fraction of sp³-hybridized carbons (Fsp3) is 0.333. The minimum atomic E-state index is -6.34. The van der Waals surface area contributed by atoms with E-state index < -0.39 is 116 Å². The number of carbonyl (C=O) groups excluding carboxylic acids is 2. The maximum atomic E-state index is 13.8. The van der Waals surface area contributed by atoms with Crippen molar-refractivity contribution in [2.24, 2.45) is 0 Å². The fourth-order valence-electron chi connectivity index (χ4n) is 5.38. The smallest absolute Gasteiger partial charge is 0.349 e. The number of aromatic nitrogens is 3. The highest BCUT2D eigenvalue weighted by Gasteiger charge is 2.62. The van der Waals surface area contributed by atoms with Gasteiger partial charge < -0.3 is 10.6 Å². The highest BCUT2D eigenvalue weighted by molar-refractivity contribution is 7.90. The molecule has 1 aromatic heterocycles. The van der Waals surface area contributed by atoms with Crippen molar-refractivity contribution in [1.29, 1.82) is 0 Å². The van der Waals surface area contributed by atoms with Crippen molar-refractivity contribution in [1.82, 2.24) is 20.1 Å². The molecule has 0 aliphatic carbocycles. The lowest BCUT2D eigenvalue weighted by Crippen LogP contribution is -2.38. The molecule has 0 saturated heterocycles. The molecule has 2 N–H and O–H groups in total. The van der Waals surface area contributed by atoms with Crippen molar-refractivity contribution >= 4 is 27.3 Å². The molecule has 24 heteroatoms. The molecule has 0 aliphatic rings. The van der Waals surface area contributed by atoms with Crippen molar-refractivity contribution in [2.75, 3.05) is 17.3 Å². The number of aryl methyl sites for hydroxylation is 1. The van der Waals surface area contributed by atoms with Crippen LogP contribution in [0, 0.1) is 6.92 Å². The van der Waals surface area contributed by atoms with Crippen LogP contribution < -0.4 is 10.6 Å². The van der Waals surface area contributed by atoms with Gasteiger partial charge in [-0.3, -0.25) is 9.59 Å². The van der Waals surface area contributed by atoms with Crippen LogP contribution in [0.1, 0.15) is 61.5 Å². The van der Waals surface area contributed by atoms with E-state index in [-0.39, 0.29) is 27.6 Å². The number of carbonyl (C=O) groups is 2. The summed E-state index contributed by atoms with van der Waals surface area (Å²) < 4.78 is 213. The van der Waals surface area contributed by atoms with Gasteiger partial charge in [-0.25, -0.2) is 18.1 Å². The predicted molar refractivity (Wildman–Crippen MR) is 172 cm³/mol. The summed E-state index contributed by atoms with van der Waals surface area (Å²) in [7, 11) is -3.76. The zero-order valence-electron chi connectivity index (χ0n) is 28.9. The summed E-state index contributed by atoms with van der Waals surface area (Å²) >= 11 is 0. The van der Waals surface area contributed by atoms with Crippen LogP contribution in [0.5, 0.6) is 0 Å². The molecule has 0 spiro atoms. The Morgan fingerprint density at radius 3 is 1.86 bits per heavy atom. The first-order chi connectivity index (χ1) is 25.8. The van der Waals surface area contributed by atoms with E-state index in [1.54, 1.807) is 0 Å². The lowest BCUT2D eigenvalue weighted by molar-refractivity contribution is -0.292. The zero-order chi connectivity index (χ0) is 43.3. The Morgan fingerprint density at radius 2 is 1.37 bits per heavy atom. The van der Waals surface area contributed by atoms with E-state index >= 15 is 0 Å². The van der Waals surface area contributed by atoms with Gasteiger partial charge in [0.25, 0.3) is 11.8 Å². The first-order valence-corrected chi connectivity index (χ1v) is 17.6. The molecule has 2 amide bonds. The molecular weight excluding hydrogens is 828 g/mol. The van der Waals surface area contributed by atoms with Crippen molar-refractivity contribution in [2.45, 2.75) is 57.1 Å². The lowest BCUT2D eigenvalue weighted by Gasteiger charge is -2.20. The van der Waals surface area contributed by atoms with Crippen molar-refractivity contribution in [3.05, 3.63) is 99.6 Å². The van der Waals surface area contributed by atoms with Crippen molar-refractivity contribution in [3.8, 4) is 11.1 Å². The van der Waals surface area contributed by atoms with E-state index in [1.807, 2.05) is 0 Å². The monoisotopic (exact) mass is 853 g/mol. The summed E-state index contributed by atoms with van der Waals surface area (Å²) in [6, 6.07) is 5.15. The van der Waals surface area contributed by atoms with E-state index in [0.29, 0.717) is 12.1 Å². The number of sulfone groups is 1. The maximum Gasteiger partial charge on any atom is 0.461 e. The molecule has 3 aromatic carbocycles. The number of hydrogen-bond acceptors (Lipinski definition) is 6. The van der Waals surface area contributed by atoms with Gasteiger partial charge in [-0.05, 0) is 66.4 Å². The molecule has 1 heterocycles. The number of amides is 2. The first kappa shape index (κ1) is 44.4. The summed E-state index contributed by atoms with van der Waals surface area (Å²) in [5.74, 6) is -13.7. The van der Waals surface area contributed by atoms with Gasteiger partial charge in [-0.1, -0.05) is 24.3 Å². The van der Waals surface area contributed by atoms with Crippen LogP contribution in [0.4, 0.5) is 67.2 Å². The number of halogens is 14. The Hall–Kier alpha value is -5.29. The third-order valence-corrected chi connectivity index (χ3v) is 8.90. The Labute approximate surface area is 312 Å². The van der Waals surface area contributed by atoms with Crippen LogP contribution in [-0.4, -0.2) is 59.2 Å². The summed E-state index contributed by atoms with van der Waals surface area (Å²) in [6.07, 6.45) is -21.7. The number of nitrogens with zero attached hydrogens (tertiary/aromatic N) is 3. The van der Waals surface area contributed by atoms with E-state index in [1.165, 1.54) is 13.8 Å². The molecular formula is C33H25F14N5O4S. The Balaban J connectivity index is 1.78.